The van der Waals surface area contributed by atoms with Crippen molar-refractivity contribution in [2.45, 2.75) is 36.4 Å². The zero-order valence-corrected chi connectivity index (χ0v) is 14.3. The molecule has 6 nitrogen and oxygen atoms in total. The minimum absolute atomic E-state index is 0.0896. The molecule has 1 fully saturated rings. The van der Waals surface area contributed by atoms with Crippen LogP contribution in [0.2, 0.25) is 0 Å². The minimum atomic E-state index is -3.23. The summed E-state index contributed by atoms with van der Waals surface area (Å²) in [5.74, 6) is -0.316. The van der Waals surface area contributed by atoms with Gasteiger partial charge in [-0.3, -0.25) is 9.36 Å². The number of fused-ring (bicyclic) bond motifs is 1. The lowest BCUT2D eigenvalue weighted by molar-refractivity contribution is 0.207. The average Bonchev–Trinajstić information content (AvgIpc) is 2.75. The Bertz CT molecular complexity index is 892. The second kappa shape index (κ2) is 6.26. The van der Waals surface area contributed by atoms with Gasteiger partial charge in [-0.05, 0) is 18.6 Å². The molecule has 1 saturated heterocycles. The summed E-state index contributed by atoms with van der Waals surface area (Å²) in [4.78, 5) is 17.2. The Kier molecular flexibility index (Phi) is 4.48. The maximum atomic E-state index is 12.7. The van der Waals surface area contributed by atoms with Crippen LogP contribution in [0.25, 0.3) is 10.9 Å². The fraction of sp³-hybridized carbons (Fsp3) is 0.467. The Morgan fingerprint density at radius 3 is 2.74 bits per heavy atom. The second-order valence-electron chi connectivity index (χ2n) is 5.67. The molecule has 0 spiro atoms. The predicted octanol–water partition coefficient (Wildman–Crippen LogP) is 1.06. The first-order chi connectivity index (χ1) is 10.9. The largest absolute Gasteiger partial charge is 0.391 e. The second-order valence-corrected chi connectivity index (χ2v) is 9.03. The van der Waals surface area contributed by atoms with Crippen LogP contribution in [0.15, 0.2) is 34.2 Å². The third-order valence-corrected chi connectivity index (χ3v) is 7.04. The number of hydrogen-bond donors (Lipinski definition) is 1. The van der Waals surface area contributed by atoms with Gasteiger partial charge in [0.2, 0.25) is 0 Å². The molecule has 2 aromatic rings. The van der Waals surface area contributed by atoms with Gasteiger partial charge in [0.05, 0.1) is 33.8 Å². The molecule has 2 atom stereocenters. The number of aliphatic hydroxyl groups is 1. The highest BCUT2D eigenvalue weighted by atomic mass is 32.2. The normalized spacial score (nSPS) is 23.4. The Hall–Kier alpha value is -1.38. The van der Waals surface area contributed by atoms with Crippen LogP contribution in [0.3, 0.4) is 0 Å². The van der Waals surface area contributed by atoms with E-state index in [0.717, 1.165) is 6.42 Å². The molecule has 1 aliphatic heterocycles. The van der Waals surface area contributed by atoms with E-state index in [9.17, 15) is 18.3 Å². The van der Waals surface area contributed by atoms with Crippen LogP contribution in [0.1, 0.15) is 13.3 Å². The predicted molar refractivity (Wildman–Crippen MR) is 90.6 cm³/mol. The van der Waals surface area contributed by atoms with Gasteiger partial charge in [0, 0.05) is 6.54 Å². The first-order valence-corrected chi connectivity index (χ1v) is 10.2. The van der Waals surface area contributed by atoms with E-state index in [4.69, 9.17) is 0 Å². The van der Waals surface area contributed by atoms with E-state index < -0.39 is 21.2 Å². The smallest absolute Gasteiger partial charge is 0.262 e. The molecule has 0 amide bonds. The number of benzene rings is 1. The van der Waals surface area contributed by atoms with Crippen molar-refractivity contribution in [3.05, 3.63) is 34.6 Å². The fourth-order valence-electron chi connectivity index (χ4n) is 2.70. The third kappa shape index (κ3) is 3.29. The lowest BCUT2D eigenvalue weighted by Crippen LogP contribution is -2.26. The highest BCUT2D eigenvalue weighted by molar-refractivity contribution is 8.01. The van der Waals surface area contributed by atoms with Gasteiger partial charge in [0.1, 0.15) is 0 Å². The molecule has 23 heavy (non-hydrogen) atoms. The molecule has 0 unspecified atom stereocenters. The van der Waals surface area contributed by atoms with Gasteiger partial charge in [0.25, 0.3) is 5.56 Å². The van der Waals surface area contributed by atoms with Gasteiger partial charge >= 0.3 is 0 Å². The van der Waals surface area contributed by atoms with Crippen LogP contribution < -0.4 is 5.56 Å². The van der Waals surface area contributed by atoms with Crippen molar-refractivity contribution in [3.8, 4) is 0 Å². The Morgan fingerprint density at radius 2 is 2.09 bits per heavy atom. The SMILES string of the molecule is CCCn1c(S[C@@H]2CS(=O)(=O)C[C@H]2O)nc2ccccc2c1=O. The first kappa shape index (κ1) is 16.5. The molecule has 1 N–H and O–H groups in total. The standard InChI is InChI=1S/C15H18N2O4S2/c1-2-7-17-14(19)10-5-3-4-6-11(10)16-15(17)22-13-9-23(20,21)8-12(13)18/h3-6,12-13,18H,2,7-9H2,1H3/t12-,13-/m1/s1. The average molecular weight is 354 g/mol. The van der Waals surface area contributed by atoms with Crippen LogP contribution in [-0.2, 0) is 16.4 Å². The lowest BCUT2D eigenvalue weighted by atomic mass is 10.2. The Morgan fingerprint density at radius 1 is 1.35 bits per heavy atom. The van der Waals surface area contributed by atoms with Gasteiger partial charge in [0.15, 0.2) is 15.0 Å². The molecule has 1 aromatic carbocycles. The van der Waals surface area contributed by atoms with E-state index in [1.54, 1.807) is 22.8 Å². The number of aliphatic hydroxyl groups excluding tert-OH is 1. The van der Waals surface area contributed by atoms with Crippen LogP contribution in [0, 0.1) is 0 Å². The number of nitrogens with zero attached hydrogens (tertiary/aromatic N) is 2. The summed E-state index contributed by atoms with van der Waals surface area (Å²) >= 11 is 1.18. The van der Waals surface area contributed by atoms with E-state index in [1.807, 2.05) is 13.0 Å². The molecule has 0 radical (unpaired) electrons. The number of sulfone groups is 1. The minimum Gasteiger partial charge on any atom is -0.391 e. The summed E-state index contributed by atoms with van der Waals surface area (Å²) in [6.07, 6.45) is -0.164. The molecule has 2 heterocycles. The van der Waals surface area contributed by atoms with Crippen molar-refractivity contribution in [1.82, 2.24) is 9.55 Å². The zero-order chi connectivity index (χ0) is 16.6. The molecule has 0 bridgehead atoms. The van der Waals surface area contributed by atoms with Gasteiger partial charge in [-0.15, -0.1) is 0 Å². The first-order valence-electron chi connectivity index (χ1n) is 7.46. The van der Waals surface area contributed by atoms with Crippen LogP contribution in [0.5, 0.6) is 0 Å². The van der Waals surface area contributed by atoms with Crippen molar-refractivity contribution in [1.29, 1.82) is 0 Å². The summed E-state index contributed by atoms with van der Waals surface area (Å²) in [6, 6.07) is 7.10. The molecule has 3 rings (SSSR count). The molecule has 8 heteroatoms. The van der Waals surface area contributed by atoms with Gasteiger partial charge in [-0.1, -0.05) is 30.8 Å². The number of rotatable bonds is 4. The van der Waals surface area contributed by atoms with Crippen LogP contribution in [0.4, 0.5) is 0 Å². The number of aromatic nitrogens is 2. The van der Waals surface area contributed by atoms with Crippen LogP contribution in [-0.4, -0.2) is 45.9 Å². The number of hydrogen-bond acceptors (Lipinski definition) is 6. The molecular weight excluding hydrogens is 336 g/mol. The third-order valence-electron chi connectivity index (χ3n) is 3.80. The monoisotopic (exact) mass is 354 g/mol. The Labute approximate surface area is 138 Å². The topological polar surface area (TPSA) is 89.3 Å². The van der Waals surface area contributed by atoms with E-state index in [0.29, 0.717) is 22.6 Å². The van der Waals surface area contributed by atoms with E-state index >= 15 is 0 Å². The van der Waals surface area contributed by atoms with Gasteiger partial charge < -0.3 is 5.11 Å². The quantitative estimate of drug-likeness (QED) is 0.826. The van der Waals surface area contributed by atoms with E-state index in [-0.39, 0.29) is 17.1 Å². The number of para-hydroxylation sites is 1. The van der Waals surface area contributed by atoms with Crippen molar-refractivity contribution in [2.75, 3.05) is 11.5 Å². The summed E-state index contributed by atoms with van der Waals surface area (Å²) in [6.45, 7) is 2.47. The number of thioether (sulfide) groups is 1. The fourth-order valence-corrected chi connectivity index (χ4v) is 6.31. The van der Waals surface area contributed by atoms with Crippen molar-refractivity contribution >= 4 is 32.5 Å². The summed E-state index contributed by atoms with van der Waals surface area (Å²) < 4.78 is 24.9. The summed E-state index contributed by atoms with van der Waals surface area (Å²) in [7, 11) is -3.23. The zero-order valence-electron chi connectivity index (χ0n) is 12.7. The molecule has 1 aromatic heterocycles. The van der Waals surface area contributed by atoms with Gasteiger partial charge in [-0.25, -0.2) is 13.4 Å². The van der Waals surface area contributed by atoms with E-state index in [2.05, 4.69) is 4.98 Å². The molecule has 0 saturated carbocycles. The maximum Gasteiger partial charge on any atom is 0.262 e. The molecule has 1 aliphatic rings. The highest BCUT2D eigenvalue weighted by Gasteiger charge is 2.38. The van der Waals surface area contributed by atoms with Crippen molar-refractivity contribution in [3.63, 3.8) is 0 Å². The summed E-state index contributed by atoms with van der Waals surface area (Å²) in [5.41, 5.74) is 0.456. The molecule has 0 aliphatic carbocycles. The van der Waals surface area contributed by atoms with Crippen molar-refractivity contribution < 1.29 is 13.5 Å². The van der Waals surface area contributed by atoms with Crippen LogP contribution >= 0.6 is 11.8 Å². The summed E-state index contributed by atoms with van der Waals surface area (Å²) in [5, 5.41) is 10.5. The lowest BCUT2D eigenvalue weighted by Gasteiger charge is -2.16. The van der Waals surface area contributed by atoms with Crippen molar-refractivity contribution in [2.24, 2.45) is 0 Å². The van der Waals surface area contributed by atoms with E-state index in [1.165, 1.54) is 11.8 Å². The molecule has 124 valence electrons. The maximum absolute atomic E-state index is 12.7. The highest BCUT2D eigenvalue weighted by Crippen LogP contribution is 2.30. The Balaban J connectivity index is 2.06. The van der Waals surface area contributed by atoms with Gasteiger partial charge in [-0.2, -0.15) is 0 Å². The molecular formula is C15H18N2O4S2.